The summed E-state index contributed by atoms with van der Waals surface area (Å²) in [5.41, 5.74) is -1.03. The predicted molar refractivity (Wildman–Crippen MR) is 69.8 cm³/mol. The third-order valence-corrected chi connectivity index (χ3v) is 4.21. The van der Waals surface area contributed by atoms with Gasteiger partial charge >= 0.3 is 7.12 Å². The van der Waals surface area contributed by atoms with Crippen LogP contribution in [0.3, 0.4) is 0 Å². The molecule has 3 nitrogen and oxygen atoms in total. The smallest absolute Gasteiger partial charge is 0.398 e. The van der Waals surface area contributed by atoms with Gasteiger partial charge in [-0.25, -0.2) is 4.98 Å². The van der Waals surface area contributed by atoms with Crippen LogP contribution in [0.5, 0.6) is 0 Å². The average molecular weight is 257 g/mol. The fourth-order valence-electron chi connectivity index (χ4n) is 1.56. The van der Waals surface area contributed by atoms with E-state index in [0.717, 1.165) is 11.3 Å². The average Bonchev–Trinajstić information content (AvgIpc) is 2.75. The minimum Gasteiger partial charge on any atom is -0.398 e. The second-order valence-corrected chi connectivity index (χ2v) is 6.01. The molecule has 3 rings (SSSR count). The first-order valence-corrected chi connectivity index (χ1v) is 6.34. The van der Waals surface area contributed by atoms with E-state index in [2.05, 4.69) is 4.98 Å². The van der Waals surface area contributed by atoms with Gasteiger partial charge in [0.1, 0.15) is 0 Å². The van der Waals surface area contributed by atoms with Gasteiger partial charge in [0.15, 0.2) is 0 Å². The summed E-state index contributed by atoms with van der Waals surface area (Å²) in [6.45, 7) is 7.48. The van der Waals surface area contributed by atoms with Crippen LogP contribution in [-0.2, 0) is 9.31 Å². The summed E-state index contributed by atoms with van der Waals surface area (Å²) in [4.78, 5) is 4.16. The highest BCUT2D eigenvalue weighted by molar-refractivity contribution is 7.10. The third kappa shape index (κ3) is 1.94. The maximum atomic E-state index is 8.16. The molecule has 1 aromatic heterocycles. The molecule has 0 N–H and O–H groups in total. The molecule has 2 fully saturated rings. The first-order chi connectivity index (χ1) is 10.2. The van der Waals surface area contributed by atoms with E-state index >= 15 is 0 Å². The molecule has 5 heteroatoms. The second kappa shape index (κ2) is 3.56. The summed E-state index contributed by atoms with van der Waals surface area (Å²) in [6, 6.07) is 0. The van der Waals surface area contributed by atoms with Gasteiger partial charge in [-0.15, -0.1) is 11.3 Å². The van der Waals surface area contributed by atoms with E-state index in [1.54, 1.807) is 0 Å². The Labute approximate surface area is 115 Å². The number of aromatic nitrogens is 1. The van der Waals surface area contributed by atoms with E-state index < -0.39 is 37.0 Å². The van der Waals surface area contributed by atoms with Crippen LogP contribution in [0.25, 0.3) is 0 Å². The molecule has 92 valence electrons. The molecule has 0 atom stereocenters. The van der Waals surface area contributed by atoms with Gasteiger partial charge in [0, 0.05) is 18.1 Å². The third-order valence-electron chi connectivity index (χ3n) is 3.41. The number of nitrogens with zero attached hydrogens (tertiary/aromatic N) is 1. The van der Waals surface area contributed by atoms with Crippen molar-refractivity contribution >= 4 is 24.0 Å². The van der Waals surface area contributed by atoms with Gasteiger partial charge in [0.05, 0.1) is 23.2 Å². The van der Waals surface area contributed by atoms with E-state index in [9.17, 15) is 0 Å². The van der Waals surface area contributed by atoms with Gasteiger partial charge in [-0.3, -0.25) is 0 Å². The molecule has 1 aromatic rings. The van der Waals surface area contributed by atoms with Crippen LogP contribution in [0, 0.1) is 0 Å². The molecule has 0 radical (unpaired) electrons. The van der Waals surface area contributed by atoms with E-state index in [1.807, 2.05) is 27.7 Å². The minimum absolute atomic E-state index is 0.00336. The Morgan fingerprint density at radius 3 is 2.59 bits per heavy atom. The summed E-state index contributed by atoms with van der Waals surface area (Å²) >= 11 is 0.804. The van der Waals surface area contributed by atoms with Gasteiger partial charge in [-0.1, -0.05) is 0 Å². The highest BCUT2D eigenvalue weighted by Gasteiger charge is 2.52. The largest absolute Gasteiger partial charge is 0.515 e. The van der Waals surface area contributed by atoms with Crippen LogP contribution < -0.4 is 5.59 Å². The topological polar surface area (TPSA) is 31.4 Å². The van der Waals surface area contributed by atoms with Crippen molar-refractivity contribution in [2.45, 2.75) is 57.5 Å². The van der Waals surface area contributed by atoms with Crippen molar-refractivity contribution in [3.05, 3.63) is 10.4 Å². The van der Waals surface area contributed by atoms with Crippen LogP contribution in [0.2, 0.25) is 0 Å². The maximum Gasteiger partial charge on any atom is 0.515 e. The molecule has 1 aliphatic carbocycles. The van der Waals surface area contributed by atoms with Crippen molar-refractivity contribution in [2.75, 3.05) is 0 Å². The monoisotopic (exact) mass is 257 g/mol. The van der Waals surface area contributed by atoms with Crippen LogP contribution in [-0.4, -0.2) is 23.3 Å². The normalized spacial score (nSPS) is 39.4. The predicted octanol–water partition coefficient (Wildman–Crippen LogP) is 2.32. The summed E-state index contributed by atoms with van der Waals surface area (Å²) in [5.74, 6) is -2.09. The van der Waals surface area contributed by atoms with Crippen LogP contribution in [0.1, 0.15) is 59.6 Å². The van der Waals surface area contributed by atoms with Crippen molar-refractivity contribution in [3.8, 4) is 0 Å². The Morgan fingerprint density at radius 1 is 1.47 bits per heavy atom. The fraction of sp³-hybridized carbons (Fsp3) is 0.750. The molecule has 2 aliphatic rings. The number of thiazole rings is 1. The quantitative estimate of drug-likeness (QED) is 0.762. The van der Waals surface area contributed by atoms with Gasteiger partial charge < -0.3 is 9.31 Å². The van der Waals surface area contributed by atoms with E-state index in [4.69, 9.17) is 17.5 Å². The molecular formula is C12H18BNO2S. The maximum absolute atomic E-state index is 8.16. The van der Waals surface area contributed by atoms with E-state index in [1.165, 1.54) is 0 Å². The van der Waals surface area contributed by atoms with Gasteiger partial charge in [-0.2, -0.15) is 0 Å². The van der Waals surface area contributed by atoms with Gasteiger partial charge in [-0.05, 0) is 40.4 Å². The Bertz CT molecular complexity index is 647. The summed E-state index contributed by atoms with van der Waals surface area (Å²) < 4.78 is 58.7. The zero-order valence-electron chi connectivity index (χ0n) is 16.2. The lowest BCUT2D eigenvalue weighted by atomic mass is 9.86. The Kier molecular flexibility index (Phi) is 1.40. The molecule has 0 aromatic carbocycles. The summed E-state index contributed by atoms with van der Waals surface area (Å²) in [5, 5.41) is -0.0502. The highest BCUT2D eigenvalue weighted by atomic mass is 32.1. The minimum atomic E-state index is -2.34. The van der Waals surface area contributed by atoms with Crippen molar-refractivity contribution in [2.24, 2.45) is 0 Å². The van der Waals surface area contributed by atoms with Crippen molar-refractivity contribution in [1.82, 2.24) is 4.98 Å². The van der Waals surface area contributed by atoms with Crippen LogP contribution >= 0.6 is 11.3 Å². The molecule has 1 saturated carbocycles. The van der Waals surface area contributed by atoms with E-state index in [0.29, 0.717) is 0 Å². The highest BCUT2D eigenvalue weighted by Crippen LogP contribution is 2.41. The molecule has 17 heavy (non-hydrogen) atoms. The fourth-order valence-corrected chi connectivity index (χ4v) is 2.25. The van der Waals surface area contributed by atoms with Gasteiger partial charge in [0.2, 0.25) is 0 Å². The second-order valence-electron chi connectivity index (χ2n) is 5.22. The molecule has 1 saturated heterocycles. The Hall–Kier alpha value is -0.385. The summed E-state index contributed by atoms with van der Waals surface area (Å²) in [7, 11) is -0.878. The zero-order valence-corrected chi connectivity index (χ0v) is 11.1. The molecule has 0 amide bonds. The van der Waals surface area contributed by atoms with Crippen molar-refractivity contribution in [1.29, 1.82) is 0 Å². The van der Waals surface area contributed by atoms with Crippen LogP contribution in [0.15, 0.2) is 5.36 Å². The number of hydrogen-bond donors (Lipinski definition) is 0. The van der Waals surface area contributed by atoms with Crippen molar-refractivity contribution < 1.29 is 17.5 Å². The lowest BCUT2D eigenvalue weighted by molar-refractivity contribution is 0.00578. The molecule has 2 heterocycles. The summed E-state index contributed by atoms with van der Waals surface area (Å²) in [6.07, 6.45) is -4.67. The first-order valence-electron chi connectivity index (χ1n) is 8.52. The first kappa shape index (κ1) is 6.69. The Balaban J connectivity index is 1.96. The molecule has 0 spiro atoms. The molecule has 0 unspecified atom stereocenters. The van der Waals surface area contributed by atoms with Crippen molar-refractivity contribution in [3.63, 3.8) is 0 Å². The van der Waals surface area contributed by atoms with Crippen LogP contribution in [0.4, 0.5) is 0 Å². The zero-order chi connectivity index (χ0) is 17.6. The Morgan fingerprint density at radius 2 is 2.06 bits per heavy atom. The van der Waals surface area contributed by atoms with Gasteiger partial charge in [0.25, 0.3) is 0 Å². The standard InChI is InChI=1S/C12H18BNO2S/c1-11(2)12(3,4)16-13(15-11)9-7-17-10(14-9)8-5-6-8/h7-8H,5-6H2,1-4H3/i5D2,6D2,7D,8D. The lowest BCUT2D eigenvalue weighted by Gasteiger charge is -2.32. The van der Waals surface area contributed by atoms with E-state index in [-0.39, 0.29) is 16.0 Å². The molecular weight excluding hydrogens is 233 g/mol. The number of rotatable bonds is 2. The SMILES string of the molecule is [2H]c1sc(C2([2H])C([2H])([2H])C2([2H])[2H])nc1B1OC(C)(C)C(C)(C)O1. The lowest BCUT2D eigenvalue weighted by Crippen LogP contribution is -2.41. The molecule has 0 bridgehead atoms. The molecule has 1 aliphatic heterocycles. The number of hydrogen-bond acceptors (Lipinski definition) is 4.